The van der Waals surface area contributed by atoms with E-state index in [1.54, 1.807) is 11.3 Å². The van der Waals surface area contributed by atoms with Gasteiger partial charge in [-0.1, -0.05) is 30.3 Å². The molecule has 0 aliphatic carbocycles. The molecule has 0 radical (unpaired) electrons. The predicted molar refractivity (Wildman–Crippen MR) is 90.9 cm³/mol. The largest absolute Gasteiger partial charge is 0.396 e. The van der Waals surface area contributed by atoms with Crippen LogP contribution in [0.15, 0.2) is 36.5 Å². The maximum absolute atomic E-state index is 9.19. The molecule has 1 aliphatic rings. The minimum absolute atomic E-state index is 0.265. The first-order valence-electron chi connectivity index (χ1n) is 7.80. The molecule has 0 bridgehead atoms. The van der Waals surface area contributed by atoms with Gasteiger partial charge >= 0.3 is 0 Å². The van der Waals surface area contributed by atoms with Crippen LogP contribution in [0.2, 0.25) is 0 Å². The average molecular weight is 317 g/mol. The van der Waals surface area contributed by atoms with E-state index in [0.29, 0.717) is 6.04 Å². The molecule has 1 aromatic heterocycles. The van der Waals surface area contributed by atoms with Crippen LogP contribution in [0.1, 0.15) is 11.3 Å². The molecular weight excluding hydrogens is 294 g/mol. The van der Waals surface area contributed by atoms with Crippen LogP contribution < -0.4 is 0 Å². The van der Waals surface area contributed by atoms with Crippen molar-refractivity contribution in [2.45, 2.75) is 19.0 Å². The number of nitrogens with zero attached hydrogens (tertiary/aromatic N) is 3. The van der Waals surface area contributed by atoms with Crippen molar-refractivity contribution in [1.29, 1.82) is 0 Å². The quantitative estimate of drug-likeness (QED) is 0.918. The maximum atomic E-state index is 9.19. The van der Waals surface area contributed by atoms with Gasteiger partial charge < -0.3 is 10.0 Å². The fourth-order valence-electron chi connectivity index (χ4n) is 2.93. The summed E-state index contributed by atoms with van der Waals surface area (Å²) >= 11 is 1.78. The number of rotatable bonds is 5. The summed E-state index contributed by atoms with van der Waals surface area (Å²) in [4.78, 5) is 10.7. The third-order valence-electron chi connectivity index (χ3n) is 4.28. The number of hydrogen-bond acceptors (Lipinski definition) is 5. The summed E-state index contributed by atoms with van der Waals surface area (Å²) in [6.07, 6.45) is 2.86. The van der Waals surface area contributed by atoms with E-state index in [4.69, 9.17) is 0 Å². The minimum atomic E-state index is 0.265. The maximum Gasteiger partial charge on any atom is 0.123 e. The molecular formula is C17H23N3OS. The van der Waals surface area contributed by atoms with Gasteiger partial charge in [-0.25, -0.2) is 4.98 Å². The van der Waals surface area contributed by atoms with Crippen LogP contribution in [-0.4, -0.2) is 59.2 Å². The van der Waals surface area contributed by atoms with Gasteiger partial charge in [-0.3, -0.25) is 4.90 Å². The third kappa shape index (κ3) is 3.73. The standard InChI is InChI=1S/C17H23N3OS/c1-19-8-9-20(12-15(19)7-10-21)13-16-11-18-17(22-16)14-5-3-2-4-6-14/h2-6,11,15,21H,7-10,12-13H2,1H3/t15-/m1/s1. The van der Waals surface area contributed by atoms with E-state index < -0.39 is 0 Å². The van der Waals surface area contributed by atoms with Gasteiger partial charge in [-0.2, -0.15) is 0 Å². The Hall–Kier alpha value is -1.27. The fraction of sp³-hybridized carbons (Fsp3) is 0.471. The van der Waals surface area contributed by atoms with E-state index in [1.165, 1.54) is 10.4 Å². The highest BCUT2D eigenvalue weighted by molar-refractivity contribution is 7.15. The Kier molecular flexibility index (Phi) is 5.20. The van der Waals surface area contributed by atoms with Crippen LogP contribution in [0.3, 0.4) is 0 Å². The molecule has 1 saturated heterocycles. The van der Waals surface area contributed by atoms with Gasteiger partial charge in [0.2, 0.25) is 0 Å². The number of aliphatic hydroxyl groups is 1. The molecule has 1 aliphatic heterocycles. The van der Waals surface area contributed by atoms with Crippen LogP contribution in [0, 0.1) is 0 Å². The SMILES string of the molecule is CN1CCN(Cc2cnc(-c3ccccc3)s2)C[C@H]1CCO. The van der Waals surface area contributed by atoms with E-state index >= 15 is 0 Å². The van der Waals surface area contributed by atoms with Gasteiger partial charge in [0, 0.05) is 55.5 Å². The number of likely N-dealkylation sites (N-methyl/N-ethyl adjacent to an activating group) is 1. The van der Waals surface area contributed by atoms with Crippen LogP contribution in [-0.2, 0) is 6.54 Å². The second-order valence-corrected chi connectivity index (χ2v) is 6.99. The number of hydrogen-bond donors (Lipinski definition) is 1. The predicted octanol–water partition coefficient (Wildman–Crippen LogP) is 2.31. The van der Waals surface area contributed by atoms with Crippen molar-refractivity contribution in [3.63, 3.8) is 0 Å². The van der Waals surface area contributed by atoms with Gasteiger partial charge in [-0.15, -0.1) is 11.3 Å². The van der Waals surface area contributed by atoms with Crippen LogP contribution in [0.25, 0.3) is 10.6 Å². The molecule has 2 heterocycles. The number of benzene rings is 1. The van der Waals surface area contributed by atoms with Crippen LogP contribution >= 0.6 is 11.3 Å². The molecule has 118 valence electrons. The summed E-state index contributed by atoms with van der Waals surface area (Å²) in [5.74, 6) is 0. The highest BCUT2D eigenvalue weighted by Crippen LogP contribution is 2.26. The molecule has 2 aromatic rings. The second kappa shape index (κ2) is 7.33. The van der Waals surface area contributed by atoms with Crippen molar-refractivity contribution in [1.82, 2.24) is 14.8 Å². The number of thiazole rings is 1. The van der Waals surface area contributed by atoms with Gasteiger partial charge in [0.15, 0.2) is 0 Å². The fourth-order valence-corrected chi connectivity index (χ4v) is 3.89. The molecule has 22 heavy (non-hydrogen) atoms. The second-order valence-electron chi connectivity index (χ2n) is 5.88. The molecule has 1 aromatic carbocycles. The highest BCUT2D eigenvalue weighted by Gasteiger charge is 2.24. The third-order valence-corrected chi connectivity index (χ3v) is 5.31. The molecule has 1 N–H and O–H groups in total. The molecule has 1 atom stereocenters. The van der Waals surface area contributed by atoms with Gasteiger partial charge in [0.1, 0.15) is 5.01 Å². The molecule has 4 nitrogen and oxygen atoms in total. The smallest absolute Gasteiger partial charge is 0.123 e. The normalized spacial score (nSPS) is 20.4. The Morgan fingerprint density at radius 2 is 2.09 bits per heavy atom. The summed E-state index contributed by atoms with van der Waals surface area (Å²) in [6.45, 7) is 4.39. The molecule has 1 fully saturated rings. The summed E-state index contributed by atoms with van der Waals surface area (Å²) in [5.41, 5.74) is 1.19. The van der Waals surface area contributed by atoms with E-state index in [2.05, 4.69) is 46.1 Å². The molecule has 0 saturated carbocycles. The lowest BCUT2D eigenvalue weighted by Crippen LogP contribution is -2.51. The first-order valence-corrected chi connectivity index (χ1v) is 8.61. The van der Waals surface area contributed by atoms with Gasteiger partial charge in [0.05, 0.1) is 0 Å². The van der Waals surface area contributed by atoms with Crippen molar-refractivity contribution in [3.05, 3.63) is 41.4 Å². The van der Waals surface area contributed by atoms with Crippen molar-refractivity contribution in [2.75, 3.05) is 33.3 Å². The Morgan fingerprint density at radius 3 is 2.86 bits per heavy atom. The summed E-state index contributed by atoms with van der Waals surface area (Å²) < 4.78 is 0. The lowest BCUT2D eigenvalue weighted by atomic mass is 10.1. The molecule has 0 amide bonds. The van der Waals surface area contributed by atoms with Crippen molar-refractivity contribution < 1.29 is 5.11 Å². The van der Waals surface area contributed by atoms with E-state index in [9.17, 15) is 5.11 Å². The molecule has 0 spiro atoms. The lowest BCUT2D eigenvalue weighted by molar-refractivity contribution is 0.0748. The summed E-state index contributed by atoms with van der Waals surface area (Å²) in [5, 5.41) is 10.3. The van der Waals surface area contributed by atoms with Gasteiger partial charge in [0.25, 0.3) is 0 Å². The lowest BCUT2D eigenvalue weighted by Gasteiger charge is -2.39. The molecule has 0 unspecified atom stereocenters. The first kappa shape index (κ1) is 15.6. The van der Waals surface area contributed by atoms with Crippen LogP contribution in [0.5, 0.6) is 0 Å². The highest BCUT2D eigenvalue weighted by atomic mass is 32.1. The summed E-state index contributed by atoms with van der Waals surface area (Å²) in [7, 11) is 2.15. The zero-order chi connectivity index (χ0) is 15.4. The Morgan fingerprint density at radius 1 is 1.27 bits per heavy atom. The van der Waals surface area contributed by atoms with E-state index in [-0.39, 0.29) is 6.61 Å². The van der Waals surface area contributed by atoms with Crippen molar-refractivity contribution in [3.8, 4) is 10.6 Å². The minimum Gasteiger partial charge on any atom is -0.396 e. The zero-order valence-corrected chi connectivity index (χ0v) is 13.8. The Bertz CT molecular complexity index is 587. The number of piperazine rings is 1. The number of aliphatic hydroxyl groups excluding tert-OH is 1. The zero-order valence-electron chi connectivity index (χ0n) is 13.0. The van der Waals surface area contributed by atoms with Crippen molar-refractivity contribution >= 4 is 11.3 Å². The average Bonchev–Trinajstić information content (AvgIpc) is 3.00. The van der Waals surface area contributed by atoms with Gasteiger partial charge in [-0.05, 0) is 13.5 Å². The monoisotopic (exact) mass is 317 g/mol. The first-order chi connectivity index (χ1) is 10.8. The molecule has 5 heteroatoms. The topological polar surface area (TPSA) is 39.6 Å². The van der Waals surface area contributed by atoms with E-state index in [1.807, 2.05) is 12.3 Å². The number of aromatic nitrogens is 1. The Balaban J connectivity index is 1.63. The van der Waals surface area contributed by atoms with Crippen LogP contribution in [0.4, 0.5) is 0 Å². The Labute approximate surface area is 136 Å². The summed E-state index contributed by atoms with van der Waals surface area (Å²) in [6, 6.07) is 10.8. The van der Waals surface area contributed by atoms with E-state index in [0.717, 1.165) is 37.6 Å². The van der Waals surface area contributed by atoms with Crippen molar-refractivity contribution in [2.24, 2.45) is 0 Å². The molecule has 3 rings (SSSR count).